The Balaban J connectivity index is 2.31. The Bertz CT molecular complexity index is 436. The Hall–Kier alpha value is -1.07. The first-order valence-electron chi connectivity index (χ1n) is 7.42. The maximum atomic E-state index is 10.9. The molecular formula is C15H26N2O3. The van der Waals surface area contributed by atoms with E-state index in [1.165, 1.54) is 0 Å². The number of aryl methyl sites for hydroxylation is 1. The van der Waals surface area contributed by atoms with Crippen molar-refractivity contribution in [1.82, 2.24) is 9.78 Å². The van der Waals surface area contributed by atoms with Gasteiger partial charge in [0.1, 0.15) is 11.8 Å². The van der Waals surface area contributed by atoms with Crippen LogP contribution in [0.3, 0.4) is 0 Å². The SMILES string of the molecule is CCOC1(C(O)c2c(OC)cnn2C)CCC(C)CC1. The Labute approximate surface area is 120 Å². The monoisotopic (exact) mass is 282 g/mol. The molecule has 1 N–H and O–H groups in total. The van der Waals surface area contributed by atoms with Crippen molar-refractivity contribution in [3.63, 3.8) is 0 Å². The molecule has 1 atom stereocenters. The highest BCUT2D eigenvalue weighted by molar-refractivity contribution is 5.29. The van der Waals surface area contributed by atoms with Crippen LogP contribution in [0, 0.1) is 5.92 Å². The molecule has 1 fully saturated rings. The quantitative estimate of drug-likeness (QED) is 0.901. The standard InChI is InChI=1S/C15H26N2O3/c1-5-20-15(8-6-11(2)7-9-15)14(18)13-12(19-4)10-16-17(13)3/h10-11,14,18H,5-9H2,1-4H3. The van der Waals surface area contributed by atoms with E-state index in [1.54, 1.807) is 18.0 Å². The topological polar surface area (TPSA) is 56.5 Å². The molecule has 114 valence electrons. The molecule has 0 radical (unpaired) electrons. The molecule has 1 heterocycles. The molecule has 1 unspecified atom stereocenters. The summed E-state index contributed by atoms with van der Waals surface area (Å²) in [6.45, 7) is 4.84. The van der Waals surface area contributed by atoms with E-state index in [1.807, 2.05) is 14.0 Å². The number of methoxy groups -OCH3 is 1. The van der Waals surface area contributed by atoms with Crippen LogP contribution in [0.2, 0.25) is 0 Å². The van der Waals surface area contributed by atoms with Crippen LogP contribution in [0.5, 0.6) is 5.75 Å². The summed E-state index contributed by atoms with van der Waals surface area (Å²) in [5.41, 5.74) is 0.193. The lowest BCUT2D eigenvalue weighted by atomic mass is 9.75. The van der Waals surface area contributed by atoms with Gasteiger partial charge in [-0.1, -0.05) is 6.92 Å². The minimum atomic E-state index is -0.711. The van der Waals surface area contributed by atoms with Gasteiger partial charge >= 0.3 is 0 Å². The number of rotatable bonds is 5. The van der Waals surface area contributed by atoms with Crippen LogP contribution in [0.25, 0.3) is 0 Å². The number of ether oxygens (including phenoxy) is 2. The summed E-state index contributed by atoms with van der Waals surface area (Å²) in [4.78, 5) is 0. The van der Waals surface area contributed by atoms with E-state index in [0.29, 0.717) is 24.0 Å². The van der Waals surface area contributed by atoms with Gasteiger partial charge in [-0.2, -0.15) is 5.10 Å². The zero-order valence-corrected chi connectivity index (χ0v) is 12.9. The lowest BCUT2D eigenvalue weighted by Crippen LogP contribution is -2.43. The first-order chi connectivity index (χ1) is 9.54. The highest BCUT2D eigenvalue weighted by Crippen LogP contribution is 2.44. The van der Waals surface area contributed by atoms with Gasteiger partial charge in [0.05, 0.1) is 18.9 Å². The predicted molar refractivity (Wildman–Crippen MR) is 76.7 cm³/mol. The third-order valence-electron chi connectivity index (χ3n) is 4.48. The normalized spacial score (nSPS) is 28.4. The molecule has 0 bridgehead atoms. The summed E-state index contributed by atoms with van der Waals surface area (Å²) < 4.78 is 13.0. The van der Waals surface area contributed by atoms with Crippen molar-refractivity contribution >= 4 is 0 Å². The summed E-state index contributed by atoms with van der Waals surface area (Å²) >= 11 is 0. The third kappa shape index (κ3) is 2.69. The smallest absolute Gasteiger partial charge is 0.162 e. The number of hydrogen-bond donors (Lipinski definition) is 1. The second-order valence-electron chi connectivity index (χ2n) is 5.80. The molecule has 5 nitrogen and oxygen atoms in total. The van der Waals surface area contributed by atoms with Crippen molar-refractivity contribution in [1.29, 1.82) is 0 Å². The third-order valence-corrected chi connectivity index (χ3v) is 4.48. The molecule has 1 aliphatic rings. The van der Waals surface area contributed by atoms with Crippen LogP contribution in [-0.2, 0) is 11.8 Å². The van der Waals surface area contributed by atoms with Gasteiger partial charge in [0.2, 0.25) is 0 Å². The minimum absolute atomic E-state index is 0.512. The molecule has 0 amide bonds. The maximum Gasteiger partial charge on any atom is 0.162 e. The molecule has 0 spiro atoms. The summed E-state index contributed by atoms with van der Waals surface area (Å²) in [5.74, 6) is 1.32. The van der Waals surface area contributed by atoms with E-state index in [9.17, 15) is 5.11 Å². The zero-order chi connectivity index (χ0) is 14.8. The zero-order valence-electron chi connectivity index (χ0n) is 12.9. The van der Waals surface area contributed by atoms with Gasteiger partial charge in [-0.3, -0.25) is 4.68 Å². The van der Waals surface area contributed by atoms with E-state index in [4.69, 9.17) is 9.47 Å². The Morgan fingerprint density at radius 2 is 2.15 bits per heavy atom. The largest absolute Gasteiger partial charge is 0.493 e. The summed E-state index contributed by atoms with van der Waals surface area (Å²) in [7, 11) is 3.43. The number of aliphatic hydroxyl groups is 1. The number of aliphatic hydroxyl groups excluding tert-OH is 1. The molecule has 1 aliphatic carbocycles. The van der Waals surface area contributed by atoms with Crippen LogP contribution < -0.4 is 4.74 Å². The predicted octanol–water partition coefficient (Wildman–Crippen LogP) is 2.45. The van der Waals surface area contributed by atoms with Crippen molar-refractivity contribution in [3.05, 3.63) is 11.9 Å². The van der Waals surface area contributed by atoms with E-state index in [-0.39, 0.29) is 0 Å². The average Bonchev–Trinajstić information content (AvgIpc) is 2.82. The van der Waals surface area contributed by atoms with Gasteiger partial charge in [0.25, 0.3) is 0 Å². The fraction of sp³-hybridized carbons (Fsp3) is 0.800. The van der Waals surface area contributed by atoms with Crippen molar-refractivity contribution in [3.8, 4) is 5.75 Å². The van der Waals surface area contributed by atoms with E-state index >= 15 is 0 Å². The first-order valence-corrected chi connectivity index (χ1v) is 7.42. The number of aromatic nitrogens is 2. The minimum Gasteiger partial charge on any atom is -0.493 e. The highest BCUT2D eigenvalue weighted by atomic mass is 16.5. The van der Waals surface area contributed by atoms with Crippen molar-refractivity contribution in [2.45, 2.75) is 51.2 Å². The second kappa shape index (κ2) is 6.14. The summed E-state index contributed by atoms with van der Waals surface area (Å²) in [5, 5.41) is 15.1. The molecule has 2 rings (SSSR count). The van der Waals surface area contributed by atoms with Crippen LogP contribution in [-0.4, -0.2) is 34.2 Å². The highest BCUT2D eigenvalue weighted by Gasteiger charge is 2.44. The number of nitrogens with zero attached hydrogens (tertiary/aromatic N) is 2. The van der Waals surface area contributed by atoms with E-state index in [2.05, 4.69) is 12.0 Å². The van der Waals surface area contributed by atoms with Crippen LogP contribution in [0.15, 0.2) is 6.20 Å². The molecule has 1 aromatic heterocycles. The van der Waals surface area contributed by atoms with Crippen LogP contribution in [0.4, 0.5) is 0 Å². The lowest BCUT2D eigenvalue weighted by Gasteiger charge is -2.42. The number of hydrogen-bond acceptors (Lipinski definition) is 4. The molecule has 5 heteroatoms. The van der Waals surface area contributed by atoms with Gasteiger partial charge in [0.15, 0.2) is 5.75 Å². The molecule has 0 aliphatic heterocycles. The van der Waals surface area contributed by atoms with Gasteiger partial charge < -0.3 is 14.6 Å². The van der Waals surface area contributed by atoms with Gasteiger partial charge in [-0.05, 0) is 38.5 Å². The Kier molecular flexibility index (Phi) is 4.70. The molecule has 0 saturated heterocycles. The van der Waals surface area contributed by atoms with Crippen molar-refractivity contribution in [2.24, 2.45) is 13.0 Å². The summed E-state index contributed by atoms with van der Waals surface area (Å²) in [6, 6.07) is 0. The van der Waals surface area contributed by atoms with Gasteiger partial charge in [-0.15, -0.1) is 0 Å². The molecule has 0 aromatic carbocycles. The molecular weight excluding hydrogens is 256 g/mol. The fourth-order valence-electron chi connectivity index (χ4n) is 3.18. The molecule has 1 saturated carbocycles. The van der Waals surface area contributed by atoms with E-state index < -0.39 is 11.7 Å². The lowest BCUT2D eigenvalue weighted by molar-refractivity contribution is -0.149. The second-order valence-corrected chi connectivity index (χ2v) is 5.80. The summed E-state index contributed by atoms with van der Waals surface area (Å²) in [6.07, 6.45) is 4.84. The average molecular weight is 282 g/mol. The first kappa shape index (κ1) is 15.3. The van der Waals surface area contributed by atoms with Crippen molar-refractivity contribution in [2.75, 3.05) is 13.7 Å². The van der Waals surface area contributed by atoms with Crippen LogP contribution >= 0.6 is 0 Å². The fourth-order valence-corrected chi connectivity index (χ4v) is 3.18. The molecule has 20 heavy (non-hydrogen) atoms. The Morgan fingerprint density at radius 3 is 2.70 bits per heavy atom. The Morgan fingerprint density at radius 1 is 1.50 bits per heavy atom. The van der Waals surface area contributed by atoms with Crippen LogP contribution in [0.1, 0.15) is 51.3 Å². The van der Waals surface area contributed by atoms with Crippen molar-refractivity contribution < 1.29 is 14.6 Å². The maximum absolute atomic E-state index is 10.9. The van der Waals surface area contributed by atoms with E-state index in [0.717, 1.165) is 25.7 Å². The van der Waals surface area contributed by atoms with Gasteiger partial charge in [-0.25, -0.2) is 0 Å². The molecule has 1 aromatic rings. The van der Waals surface area contributed by atoms with Gasteiger partial charge in [0, 0.05) is 13.7 Å².